The predicted molar refractivity (Wildman–Crippen MR) is 64.7 cm³/mol. The van der Waals surface area contributed by atoms with Crippen LogP contribution < -0.4 is 0 Å². The minimum absolute atomic E-state index is 1.33. The van der Waals surface area contributed by atoms with Gasteiger partial charge >= 0.3 is 0 Å². The molecule has 17 heavy (non-hydrogen) atoms. The molecular formula is C9H20O6S2. The van der Waals surface area contributed by atoms with Crippen molar-refractivity contribution in [3.05, 3.63) is 0 Å². The van der Waals surface area contributed by atoms with Crippen molar-refractivity contribution in [2.24, 2.45) is 10.8 Å². The maximum Gasteiger partial charge on any atom is 0.288 e. The zero-order valence-corrected chi connectivity index (χ0v) is 12.5. The highest BCUT2D eigenvalue weighted by Crippen LogP contribution is 2.52. The fraction of sp³-hybridized carbons (Fsp3) is 1.00. The van der Waals surface area contributed by atoms with Crippen LogP contribution in [-0.4, -0.2) is 30.0 Å². The molecule has 0 bridgehead atoms. The standard InChI is InChI=1S/C9H20O6S2/c1-7(2,3)9(8(4,5)6,16(10,11)12)17(13,14)15/h1-6H3,(H,10,11,12)(H,13,14,15). The molecule has 0 aliphatic rings. The van der Waals surface area contributed by atoms with Gasteiger partial charge in [-0.15, -0.1) is 0 Å². The number of hydrogen-bond acceptors (Lipinski definition) is 4. The molecule has 2 N–H and O–H groups in total. The Morgan fingerprint density at radius 2 is 0.824 bits per heavy atom. The van der Waals surface area contributed by atoms with Crippen LogP contribution in [-0.2, 0) is 20.2 Å². The molecule has 6 nitrogen and oxygen atoms in total. The summed E-state index contributed by atoms with van der Waals surface area (Å²) in [6, 6.07) is 0. The van der Waals surface area contributed by atoms with E-state index in [0.717, 1.165) is 0 Å². The lowest BCUT2D eigenvalue weighted by Crippen LogP contribution is -2.63. The van der Waals surface area contributed by atoms with Crippen LogP contribution in [0.4, 0.5) is 0 Å². The Balaban J connectivity index is 6.84. The van der Waals surface area contributed by atoms with Gasteiger partial charge < -0.3 is 0 Å². The number of hydrogen-bond donors (Lipinski definition) is 2. The van der Waals surface area contributed by atoms with E-state index in [1.54, 1.807) is 0 Å². The first-order chi connectivity index (χ1) is 7.00. The molecule has 0 aromatic heterocycles. The fourth-order valence-electron chi connectivity index (χ4n) is 2.81. The lowest BCUT2D eigenvalue weighted by molar-refractivity contribution is 0.176. The molecule has 0 spiro atoms. The lowest BCUT2D eigenvalue weighted by atomic mass is 9.76. The summed E-state index contributed by atoms with van der Waals surface area (Å²) in [6.07, 6.45) is 0. The molecule has 0 fully saturated rings. The van der Waals surface area contributed by atoms with Crippen molar-refractivity contribution in [2.75, 3.05) is 0 Å². The Morgan fingerprint density at radius 1 is 0.647 bits per heavy atom. The first-order valence-corrected chi connectivity index (χ1v) is 7.82. The van der Waals surface area contributed by atoms with Crippen molar-refractivity contribution in [3.8, 4) is 0 Å². The van der Waals surface area contributed by atoms with Crippen molar-refractivity contribution in [1.29, 1.82) is 0 Å². The Bertz CT molecular complexity index is 439. The molecule has 0 rings (SSSR count). The monoisotopic (exact) mass is 288 g/mol. The van der Waals surface area contributed by atoms with E-state index < -0.39 is 35.1 Å². The summed E-state index contributed by atoms with van der Waals surface area (Å²) >= 11 is 0. The van der Waals surface area contributed by atoms with E-state index in [9.17, 15) is 25.9 Å². The SMILES string of the molecule is CC(C)(C)C(C(C)(C)C)(S(=O)(=O)O)S(=O)(=O)O. The van der Waals surface area contributed by atoms with Gasteiger partial charge in [0.1, 0.15) is 0 Å². The fourth-order valence-corrected chi connectivity index (χ4v) is 6.97. The molecule has 0 aliphatic carbocycles. The quantitative estimate of drug-likeness (QED) is 0.746. The molecule has 0 unspecified atom stereocenters. The third-order valence-electron chi connectivity index (χ3n) is 2.70. The Kier molecular flexibility index (Phi) is 3.87. The maximum absolute atomic E-state index is 11.6. The second-order valence-electron chi connectivity index (χ2n) is 6.07. The van der Waals surface area contributed by atoms with Gasteiger partial charge in [-0.1, -0.05) is 41.5 Å². The number of rotatable bonds is 2. The summed E-state index contributed by atoms with van der Waals surface area (Å²) in [6.45, 7) is 8.00. The highest BCUT2D eigenvalue weighted by Gasteiger charge is 2.68. The minimum Gasteiger partial charge on any atom is -0.284 e. The van der Waals surface area contributed by atoms with Gasteiger partial charge in [-0.25, -0.2) is 0 Å². The summed E-state index contributed by atoms with van der Waals surface area (Å²) in [7, 11) is -10.1. The second-order valence-corrected chi connectivity index (χ2v) is 9.45. The predicted octanol–water partition coefficient (Wildman–Crippen LogP) is 1.55. The van der Waals surface area contributed by atoms with Crippen LogP contribution in [0.3, 0.4) is 0 Å². The lowest BCUT2D eigenvalue weighted by Gasteiger charge is -2.47. The molecular weight excluding hydrogens is 268 g/mol. The molecule has 0 aliphatic heterocycles. The van der Waals surface area contributed by atoms with Gasteiger partial charge in [-0.05, 0) is 0 Å². The van der Waals surface area contributed by atoms with E-state index in [4.69, 9.17) is 0 Å². The van der Waals surface area contributed by atoms with Crippen LogP contribution in [0.1, 0.15) is 41.5 Å². The minimum atomic E-state index is -5.04. The van der Waals surface area contributed by atoms with E-state index in [1.165, 1.54) is 41.5 Å². The van der Waals surface area contributed by atoms with Gasteiger partial charge in [-0.3, -0.25) is 9.11 Å². The van der Waals surface area contributed by atoms with Crippen LogP contribution in [0, 0.1) is 10.8 Å². The van der Waals surface area contributed by atoms with E-state index in [0.29, 0.717) is 0 Å². The average Bonchev–Trinajstić information content (AvgIpc) is 1.67. The average molecular weight is 288 g/mol. The smallest absolute Gasteiger partial charge is 0.284 e. The van der Waals surface area contributed by atoms with Crippen molar-refractivity contribution in [2.45, 2.75) is 45.6 Å². The zero-order chi connectivity index (χ0) is 14.5. The Labute approximate surface area is 103 Å². The third-order valence-corrected chi connectivity index (χ3v) is 7.87. The van der Waals surface area contributed by atoms with Gasteiger partial charge in [-0.2, -0.15) is 16.8 Å². The van der Waals surface area contributed by atoms with Gasteiger partial charge in [0.25, 0.3) is 20.2 Å². The van der Waals surface area contributed by atoms with Crippen LogP contribution in [0.5, 0.6) is 0 Å². The maximum atomic E-state index is 11.6. The van der Waals surface area contributed by atoms with E-state index in [1.807, 2.05) is 0 Å². The van der Waals surface area contributed by atoms with Crippen molar-refractivity contribution in [1.82, 2.24) is 0 Å². The van der Waals surface area contributed by atoms with E-state index in [-0.39, 0.29) is 0 Å². The molecule has 0 aromatic carbocycles. The van der Waals surface area contributed by atoms with Crippen LogP contribution in [0.15, 0.2) is 0 Å². The summed E-state index contributed by atoms with van der Waals surface area (Å²) in [5.74, 6) is 0. The summed E-state index contributed by atoms with van der Waals surface area (Å²) in [4.78, 5) is 0. The van der Waals surface area contributed by atoms with Crippen molar-refractivity contribution in [3.63, 3.8) is 0 Å². The van der Waals surface area contributed by atoms with E-state index >= 15 is 0 Å². The van der Waals surface area contributed by atoms with Crippen LogP contribution >= 0.6 is 0 Å². The third kappa shape index (κ3) is 2.35. The topological polar surface area (TPSA) is 109 Å². The first-order valence-electron chi connectivity index (χ1n) is 4.94. The molecule has 0 amide bonds. The first kappa shape index (κ1) is 16.8. The molecule has 0 radical (unpaired) electrons. The molecule has 0 saturated heterocycles. The van der Waals surface area contributed by atoms with Gasteiger partial charge in [0, 0.05) is 10.8 Å². The molecule has 0 saturated carbocycles. The summed E-state index contributed by atoms with van der Waals surface area (Å²) < 4.78 is 62.5. The molecule has 104 valence electrons. The normalized spacial score (nSPS) is 16.0. The van der Waals surface area contributed by atoms with Crippen LogP contribution in [0.2, 0.25) is 0 Å². The molecule has 0 heterocycles. The highest BCUT2D eigenvalue weighted by atomic mass is 32.3. The Morgan fingerprint density at radius 3 is 0.824 bits per heavy atom. The van der Waals surface area contributed by atoms with Crippen molar-refractivity contribution >= 4 is 20.2 Å². The second kappa shape index (κ2) is 3.91. The van der Waals surface area contributed by atoms with Gasteiger partial charge in [0.05, 0.1) is 0 Å². The molecule has 8 heteroatoms. The van der Waals surface area contributed by atoms with Gasteiger partial charge in [0.2, 0.25) is 4.08 Å². The molecule has 0 aromatic rings. The summed E-state index contributed by atoms with van der Waals surface area (Å²) in [5.41, 5.74) is -2.82. The zero-order valence-electron chi connectivity index (χ0n) is 10.8. The largest absolute Gasteiger partial charge is 0.288 e. The molecule has 0 atom stereocenters. The van der Waals surface area contributed by atoms with Crippen LogP contribution in [0.25, 0.3) is 0 Å². The summed E-state index contributed by atoms with van der Waals surface area (Å²) in [5, 5.41) is 0. The highest BCUT2D eigenvalue weighted by molar-refractivity contribution is 8.05. The van der Waals surface area contributed by atoms with E-state index in [2.05, 4.69) is 0 Å². The Hall–Kier alpha value is -0.180. The van der Waals surface area contributed by atoms with Crippen molar-refractivity contribution < 1.29 is 25.9 Å². The van der Waals surface area contributed by atoms with Gasteiger partial charge in [0.15, 0.2) is 0 Å².